The van der Waals surface area contributed by atoms with Gasteiger partial charge in [0.2, 0.25) is 0 Å². The highest BCUT2D eigenvalue weighted by Crippen LogP contribution is 2.29. The SMILES string of the molecule is COc1ccc(OC)c(C(O)COCC2CCCO2)c1. The summed E-state index contributed by atoms with van der Waals surface area (Å²) in [6.45, 7) is 1.53. The van der Waals surface area contributed by atoms with Crippen LogP contribution in [0.3, 0.4) is 0 Å². The van der Waals surface area contributed by atoms with Crippen molar-refractivity contribution in [1.29, 1.82) is 0 Å². The minimum atomic E-state index is -0.749. The number of aliphatic hydroxyl groups is 1. The van der Waals surface area contributed by atoms with Crippen molar-refractivity contribution in [2.24, 2.45) is 0 Å². The zero-order valence-corrected chi connectivity index (χ0v) is 12.0. The van der Waals surface area contributed by atoms with E-state index >= 15 is 0 Å². The molecular formula is C15H22O5. The maximum Gasteiger partial charge on any atom is 0.125 e. The standard InChI is InChI=1S/C15H22O5/c1-17-11-5-6-15(18-2)13(8-11)14(16)10-19-9-12-4-3-7-20-12/h5-6,8,12,14,16H,3-4,7,9-10H2,1-2H3. The van der Waals surface area contributed by atoms with E-state index in [0.29, 0.717) is 23.7 Å². The van der Waals surface area contributed by atoms with Crippen LogP contribution in [0.4, 0.5) is 0 Å². The Kier molecular flexibility index (Phi) is 5.64. The van der Waals surface area contributed by atoms with Crippen LogP contribution in [-0.4, -0.2) is 45.3 Å². The van der Waals surface area contributed by atoms with Gasteiger partial charge in [0.15, 0.2) is 0 Å². The molecule has 0 aliphatic carbocycles. The Morgan fingerprint density at radius 1 is 1.35 bits per heavy atom. The molecule has 2 unspecified atom stereocenters. The maximum absolute atomic E-state index is 10.2. The fourth-order valence-electron chi connectivity index (χ4n) is 2.28. The molecule has 0 radical (unpaired) electrons. The molecule has 1 N–H and O–H groups in total. The lowest BCUT2D eigenvalue weighted by Crippen LogP contribution is -2.17. The molecule has 2 atom stereocenters. The fraction of sp³-hybridized carbons (Fsp3) is 0.600. The minimum Gasteiger partial charge on any atom is -0.497 e. The van der Waals surface area contributed by atoms with E-state index in [4.69, 9.17) is 18.9 Å². The lowest BCUT2D eigenvalue weighted by atomic mass is 10.1. The van der Waals surface area contributed by atoms with E-state index in [1.807, 2.05) is 0 Å². The summed E-state index contributed by atoms with van der Waals surface area (Å²) in [5.41, 5.74) is 0.666. The number of benzene rings is 1. The third-order valence-electron chi connectivity index (χ3n) is 3.40. The van der Waals surface area contributed by atoms with Crippen molar-refractivity contribution in [3.63, 3.8) is 0 Å². The second-order valence-corrected chi connectivity index (χ2v) is 4.80. The number of ether oxygens (including phenoxy) is 4. The van der Waals surface area contributed by atoms with E-state index in [1.165, 1.54) is 0 Å². The number of aliphatic hydroxyl groups excluding tert-OH is 1. The summed E-state index contributed by atoms with van der Waals surface area (Å²) in [7, 11) is 3.16. The number of hydrogen-bond acceptors (Lipinski definition) is 5. The van der Waals surface area contributed by atoms with Gasteiger partial charge in [0.25, 0.3) is 0 Å². The Morgan fingerprint density at radius 3 is 2.85 bits per heavy atom. The summed E-state index contributed by atoms with van der Waals surface area (Å²) in [5, 5.41) is 10.2. The summed E-state index contributed by atoms with van der Waals surface area (Å²) >= 11 is 0. The third-order valence-corrected chi connectivity index (χ3v) is 3.40. The van der Waals surface area contributed by atoms with Crippen molar-refractivity contribution in [2.75, 3.05) is 34.0 Å². The predicted octanol–water partition coefficient (Wildman–Crippen LogP) is 1.93. The Balaban J connectivity index is 1.91. The lowest BCUT2D eigenvalue weighted by Gasteiger charge is -2.17. The van der Waals surface area contributed by atoms with Crippen LogP contribution in [0.5, 0.6) is 11.5 Å². The predicted molar refractivity (Wildman–Crippen MR) is 74.3 cm³/mol. The highest BCUT2D eigenvalue weighted by Gasteiger charge is 2.18. The average molecular weight is 282 g/mol. The van der Waals surface area contributed by atoms with Crippen LogP contribution < -0.4 is 9.47 Å². The zero-order valence-electron chi connectivity index (χ0n) is 12.0. The molecule has 5 heteroatoms. The molecule has 1 heterocycles. The van der Waals surface area contributed by atoms with Crippen LogP contribution >= 0.6 is 0 Å². The van der Waals surface area contributed by atoms with Gasteiger partial charge in [-0.05, 0) is 31.0 Å². The van der Waals surface area contributed by atoms with E-state index < -0.39 is 6.10 Å². The van der Waals surface area contributed by atoms with E-state index in [0.717, 1.165) is 19.4 Å². The molecular weight excluding hydrogens is 260 g/mol. The maximum atomic E-state index is 10.2. The van der Waals surface area contributed by atoms with Crippen molar-refractivity contribution in [2.45, 2.75) is 25.0 Å². The molecule has 0 aromatic heterocycles. The molecule has 1 fully saturated rings. The number of hydrogen-bond donors (Lipinski definition) is 1. The number of rotatable bonds is 7. The highest BCUT2D eigenvalue weighted by molar-refractivity contribution is 5.41. The third kappa shape index (κ3) is 3.85. The lowest BCUT2D eigenvalue weighted by molar-refractivity contribution is -0.0181. The van der Waals surface area contributed by atoms with Gasteiger partial charge in [-0.3, -0.25) is 0 Å². The first kappa shape index (κ1) is 15.1. The summed E-state index contributed by atoms with van der Waals surface area (Å²) in [6, 6.07) is 5.33. The van der Waals surface area contributed by atoms with Gasteiger partial charge in [-0.2, -0.15) is 0 Å². The largest absolute Gasteiger partial charge is 0.497 e. The molecule has 0 spiro atoms. The van der Waals surface area contributed by atoms with Gasteiger partial charge < -0.3 is 24.1 Å². The monoisotopic (exact) mass is 282 g/mol. The van der Waals surface area contributed by atoms with Gasteiger partial charge in [-0.1, -0.05) is 0 Å². The first-order valence-electron chi connectivity index (χ1n) is 6.84. The van der Waals surface area contributed by atoms with E-state index in [-0.39, 0.29) is 12.7 Å². The van der Waals surface area contributed by atoms with Crippen molar-refractivity contribution in [3.8, 4) is 11.5 Å². The first-order chi connectivity index (χ1) is 9.74. The Morgan fingerprint density at radius 2 is 2.20 bits per heavy atom. The Labute approximate surface area is 119 Å². The summed E-state index contributed by atoms with van der Waals surface area (Å²) < 4.78 is 21.4. The van der Waals surface area contributed by atoms with Crippen LogP contribution in [0.1, 0.15) is 24.5 Å². The summed E-state index contributed by atoms with van der Waals surface area (Å²) in [5.74, 6) is 1.30. The van der Waals surface area contributed by atoms with Crippen LogP contribution in [0.25, 0.3) is 0 Å². The van der Waals surface area contributed by atoms with Gasteiger partial charge in [-0.15, -0.1) is 0 Å². The van der Waals surface area contributed by atoms with Crippen LogP contribution in [0.15, 0.2) is 18.2 Å². The normalized spacial score (nSPS) is 19.9. The van der Waals surface area contributed by atoms with Gasteiger partial charge in [0.05, 0.1) is 33.5 Å². The number of methoxy groups -OCH3 is 2. The fourth-order valence-corrected chi connectivity index (χ4v) is 2.28. The molecule has 112 valence electrons. The molecule has 1 saturated heterocycles. The van der Waals surface area contributed by atoms with Crippen LogP contribution in [0, 0.1) is 0 Å². The van der Waals surface area contributed by atoms with E-state index in [1.54, 1.807) is 32.4 Å². The van der Waals surface area contributed by atoms with Gasteiger partial charge in [0.1, 0.15) is 17.6 Å². The molecule has 0 amide bonds. The quantitative estimate of drug-likeness (QED) is 0.828. The van der Waals surface area contributed by atoms with Crippen molar-refractivity contribution in [1.82, 2.24) is 0 Å². The first-order valence-corrected chi connectivity index (χ1v) is 6.84. The molecule has 1 aromatic carbocycles. The highest BCUT2D eigenvalue weighted by atomic mass is 16.5. The molecule has 5 nitrogen and oxygen atoms in total. The molecule has 0 saturated carbocycles. The molecule has 0 bridgehead atoms. The molecule has 2 rings (SSSR count). The van der Waals surface area contributed by atoms with Crippen molar-refractivity contribution in [3.05, 3.63) is 23.8 Å². The Bertz CT molecular complexity index is 415. The van der Waals surface area contributed by atoms with Gasteiger partial charge in [0, 0.05) is 12.2 Å². The van der Waals surface area contributed by atoms with Crippen molar-refractivity contribution >= 4 is 0 Å². The minimum absolute atomic E-state index is 0.161. The van der Waals surface area contributed by atoms with E-state index in [2.05, 4.69) is 0 Å². The van der Waals surface area contributed by atoms with E-state index in [9.17, 15) is 5.11 Å². The molecule has 1 aromatic rings. The smallest absolute Gasteiger partial charge is 0.125 e. The molecule has 1 aliphatic heterocycles. The average Bonchev–Trinajstić information content (AvgIpc) is 2.99. The molecule has 1 aliphatic rings. The second-order valence-electron chi connectivity index (χ2n) is 4.80. The van der Waals surface area contributed by atoms with Crippen molar-refractivity contribution < 1.29 is 24.1 Å². The summed E-state index contributed by atoms with van der Waals surface area (Å²) in [6.07, 6.45) is 1.52. The van der Waals surface area contributed by atoms with Crippen LogP contribution in [-0.2, 0) is 9.47 Å². The second kappa shape index (κ2) is 7.47. The summed E-state index contributed by atoms with van der Waals surface area (Å²) in [4.78, 5) is 0. The molecule has 20 heavy (non-hydrogen) atoms. The topological polar surface area (TPSA) is 57.2 Å². The van der Waals surface area contributed by atoms with Gasteiger partial charge >= 0.3 is 0 Å². The Hall–Kier alpha value is -1.30. The van der Waals surface area contributed by atoms with Crippen LogP contribution in [0.2, 0.25) is 0 Å². The van der Waals surface area contributed by atoms with Gasteiger partial charge in [-0.25, -0.2) is 0 Å². The zero-order chi connectivity index (χ0) is 14.4.